The molecule has 19 heavy (non-hydrogen) atoms. The topological polar surface area (TPSA) is 62.2 Å². The van der Waals surface area contributed by atoms with E-state index in [0.29, 0.717) is 24.5 Å². The molecule has 4 nitrogen and oxygen atoms in total. The number of hydrogen-bond acceptors (Lipinski definition) is 3. The Morgan fingerprint density at radius 2 is 2.21 bits per heavy atom. The predicted octanol–water partition coefficient (Wildman–Crippen LogP) is 2.84. The van der Waals surface area contributed by atoms with E-state index in [1.807, 2.05) is 24.3 Å². The number of benzene rings is 1. The molecule has 0 saturated carbocycles. The molecule has 0 saturated heterocycles. The van der Waals surface area contributed by atoms with Gasteiger partial charge in [0.2, 0.25) is 0 Å². The number of aliphatic carboxylic acids is 1. The highest BCUT2D eigenvalue weighted by atomic mass is 35.5. The van der Waals surface area contributed by atoms with Crippen LogP contribution in [0, 0.1) is 0 Å². The van der Waals surface area contributed by atoms with Crippen LogP contribution in [0.5, 0.6) is 0 Å². The van der Waals surface area contributed by atoms with Crippen molar-refractivity contribution in [2.24, 2.45) is 0 Å². The van der Waals surface area contributed by atoms with Crippen molar-refractivity contribution in [1.29, 1.82) is 0 Å². The van der Waals surface area contributed by atoms with Crippen LogP contribution in [-0.2, 0) is 11.3 Å². The van der Waals surface area contributed by atoms with Crippen molar-refractivity contribution >= 4 is 28.5 Å². The Morgan fingerprint density at radius 3 is 3.00 bits per heavy atom. The number of fused-ring (bicyclic) bond motifs is 1. The molecule has 2 N–H and O–H groups in total. The van der Waals surface area contributed by atoms with Crippen molar-refractivity contribution in [3.05, 3.63) is 41.0 Å². The number of halogens is 1. The number of carboxylic acid groups (broad SMARTS) is 1. The number of carbonyl (C=O) groups is 1. The third kappa shape index (κ3) is 3.66. The number of nitrogens with one attached hydrogen (secondary N) is 1. The van der Waals surface area contributed by atoms with Crippen LogP contribution in [0.15, 0.2) is 30.5 Å². The van der Waals surface area contributed by atoms with Crippen molar-refractivity contribution in [3.8, 4) is 0 Å². The van der Waals surface area contributed by atoms with E-state index in [0.717, 1.165) is 16.5 Å². The molecule has 0 fully saturated rings. The van der Waals surface area contributed by atoms with Gasteiger partial charge in [-0.25, -0.2) is 0 Å². The largest absolute Gasteiger partial charge is 0.481 e. The van der Waals surface area contributed by atoms with Crippen LogP contribution in [0.25, 0.3) is 10.9 Å². The van der Waals surface area contributed by atoms with E-state index >= 15 is 0 Å². The van der Waals surface area contributed by atoms with E-state index in [1.54, 1.807) is 6.20 Å². The number of hydrogen-bond donors (Lipinski definition) is 2. The Labute approximate surface area is 116 Å². The van der Waals surface area contributed by atoms with Gasteiger partial charge in [0.1, 0.15) is 0 Å². The smallest absolute Gasteiger partial charge is 0.303 e. The number of rotatable bonds is 6. The zero-order valence-electron chi connectivity index (χ0n) is 10.4. The summed E-state index contributed by atoms with van der Waals surface area (Å²) in [6.45, 7) is 1.33. The van der Waals surface area contributed by atoms with E-state index in [2.05, 4.69) is 10.3 Å². The zero-order chi connectivity index (χ0) is 13.7. The fourth-order valence-electron chi connectivity index (χ4n) is 1.93. The van der Waals surface area contributed by atoms with Crippen LogP contribution in [0.1, 0.15) is 18.4 Å². The first kappa shape index (κ1) is 13.8. The molecule has 1 aromatic heterocycles. The molecular formula is C14H15ClN2O2. The van der Waals surface area contributed by atoms with Gasteiger partial charge in [-0.2, -0.15) is 0 Å². The Balaban J connectivity index is 2.01. The fourth-order valence-corrected chi connectivity index (χ4v) is 2.14. The SMILES string of the molecule is O=C(O)CCCNCc1ccc(Cl)c2cccnc12. The summed E-state index contributed by atoms with van der Waals surface area (Å²) >= 11 is 6.12. The van der Waals surface area contributed by atoms with Crippen molar-refractivity contribution in [2.75, 3.05) is 6.54 Å². The number of pyridine rings is 1. The van der Waals surface area contributed by atoms with E-state index in [4.69, 9.17) is 16.7 Å². The lowest BCUT2D eigenvalue weighted by Crippen LogP contribution is -2.16. The zero-order valence-corrected chi connectivity index (χ0v) is 11.2. The molecule has 100 valence electrons. The van der Waals surface area contributed by atoms with E-state index in [-0.39, 0.29) is 6.42 Å². The summed E-state index contributed by atoms with van der Waals surface area (Å²) in [5.74, 6) is -0.764. The highest BCUT2D eigenvalue weighted by Gasteiger charge is 2.05. The number of carboxylic acids is 1. The molecule has 0 aliphatic carbocycles. The monoisotopic (exact) mass is 278 g/mol. The standard InChI is InChI=1S/C14H15ClN2O2/c15-12-6-5-10(9-16-7-2-4-13(18)19)14-11(12)3-1-8-17-14/h1,3,5-6,8,16H,2,4,7,9H2,(H,18,19). The number of aromatic nitrogens is 1. The van der Waals surface area contributed by atoms with Gasteiger partial charge in [-0.15, -0.1) is 0 Å². The average molecular weight is 279 g/mol. The summed E-state index contributed by atoms with van der Waals surface area (Å²) < 4.78 is 0. The summed E-state index contributed by atoms with van der Waals surface area (Å²) in [6, 6.07) is 7.61. The summed E-state index contributed by atoms with van der Waals surface area (Å²) in [6.07, 6.45) is 2.55. The second kappa shape index (κ2) is 6.50. The van der Waals surface area contributed by atoms with Gasteiger partial charge in [0.05, 0.1) is 5.52 Å². The summed E-state index contributed by atoms with van der Waals surface area (Å²) in [4.78, 5) is 14.7. The second-order valence-corrected chi connectivity index (χ2v) is 4.69. The van der Waals surface area contributed by atoms with Gasteiger partial charge in [0.15, 0.2) is 0 Å². The first-order valence-corrected chi connectivity index (χ1v) is 6.51. The Kier molecular flexibility index (Phi) is 4.71. The van der Waals surface area contributed by atoms with Crippen molar-refractivity contribution in [1.82, 2.24) is 10.3 Å². The lowest BCUT2D eigenvalue weighted by molar-refractivity contribution is -0.137. The maximum atomic E-state index is 10.4. The van der Waals surface area contributed by atoms with Gasteiger partial charge in [-0.1, -0.05) is 17.7 Å². The molecule has 1 aromatic carbocycles. The van der Waals surface area contributed by atoms with Gasteiger partial charge in [0.25, 0.3) is 0 Å². The molecule has 0 atom stereocenters. The first-order chi connectivity index (χ1) is 9.18. The van der Waals surface area contributed by atoms with Crippen LogP contribution < -0.4 is 5.32 Å². The molecule has 1 heterocycles. The predicted molar refractivity (Wildman–Crippen MR) is 75.3 cm³/mol. The van der Waals surface area contributed by atoms with Crippen LogP contribution >= 0.6 is 11.6 Å². The summed E-state index contributed by atoms with van der Waals surface area (Å²) in [7, 11) is 0. The molecule has 0 unspecified atom stereocenters. The quantitative estimate of drug-likeness (QED) is 0.798. The minimum absolute atomic E-state index is 0.187. The molecule has 2 rings (SSSR count). The van der Waals surface area contributed by atoms with Crippen LogP contribution in [-0.4, -0.2) is 22.6 Å². The third-order valence-corrected chi connectivity index (χ3v) is 3.19. The maximum Gasteiger partial charge on any atom is 0.303 e. The van der Waals surface area contributed by atoms with Crippen LogP contribution in [0.4, 0.5) is 0 Å². The third-order valence-electron chi connectivity index (χ3n) is 2.86. The molecule has 2 aromatic rings. The van der Waals surface area contributed by atoms with Crippen molar-refractivity contribution < 1.29 is 9.90 Å². The maximum absolute atomic E-state index is 10.4. The fraction of sp³-hybridized carbons (Fsp3) is 0.286. The number of nitrogens with zero attached hydrogens (tertiary/aromatic N) is 1. The van der Waals surface area contributed by atoms with Gasteiger partial charge >= 0.3 is 5.97 Å². The van der Waals surface area contributed by atoms with Gasteiger partial charge in [-0.05, 0) is 36.7 Å². The minimum atomic E-state index is -0.764. The Bertz CT molecular complexity index is 587. The molecule has 0 amide bonds. The summed E-state index contributed by atoms with van der Waals surface area (Å²) in [5.41, 5.74) is 1.95. The van der Waals surface area contributed by atoms with Gasteiger partial charge < -0.3 is 10.4 Å². The molecule has 0 aliphatic rings. The van der Waals surface area contributed by atoms with E-state index < -0.39 is 5.97 Å². The highest BCUT2D eigenvalue weighted by Crippen LogP contribution is 2.24. The van der Waals surface area contributed by atoms with Gasteiger partial charge in [0, 0.05) is 29.6 Å². The molecule has 0 spiro atoms. The second-order valence-electron chi connectivity index (χ2n) is 4.28. The van der Waals surface area contributed by atoms with E-state index in [9.17, 15) is 4.79 Å². The molecule has 5 heteroatoms. The Morgan fingerprint density at radius 1 is 1.37 bits per heavy atom. The lowest BCUT2D eigenvalue weighted by atomic mass is 10.1. The molecule has 0 bridgehead atoms. The lowest BCUT2D eigenvalue weighted by Gasteiger charge is -2.08. The molecule has 0 aliphatic heterocycles. The van der Waals surface area contributed by atoms with Crippen LogP contribution in [0.3, 0.4) is 0 Å². The minimum Gasteiger partial charge on any atom is -0.481 e. The van der Waals surface area contributed by atoms with E-state index in [1.165, 1.54) is 0 Å². The highest BCUT2D eigenvalue weighted by molar-refractivity contribution is 6.35. The van der Waals surface area contributed by atoms with Crippen molar-refractivity contribution in [2.45, 2.75) is 19.4 Å². The summed E-state index contributed by atoms with van der Waals surface area (Å²) in [5, 5.41) is 13.4. The molecular weight excluding hydrogens is 264 g/mol. The van der Waals surface area contributed by atoms with Crippen LogP contribution in [0.2, 0.25) is 5.02 Å². The molecule has 0 radical (unpaired) electrons. The first-order valence-electron chi connectivity index (χ1n) is 6.13. The van der Waals surface area contributed by atoms with Crippen molar-refractivity contribution in [3.63, 3.8) is 0 Å². The normalized spacial score (nSPS) is 10.8. The van der Waals surface area contributed by atoms with Gasteiger partial charge in [-0.3, -0.25) is 9.78 Å². The Hall–Kier alpha value is -1.65. The average Bonchev–Trinajstić information content (AvgIpc) is 2.41.